The Hall–Kier alpha value is -2.83. The normalized spacial score (nSPS) is 10.2. The van der Waals surface area contributed by atoms with Gasteiger partial charge in [0.15, 0.2) is 12.4 Å². The molecule has 0 unspecified atom stereocenters. The van der Waals surface area contributed by atoms with E-state index >= 15 is 0 Å². The standard InChI is InChI=1S/C14H14N2O5/c1-8-5-10(14(18)19)3-4-11(8)20-7-13(17)15-12-6-9(2)21-16-12/h3-6H,7H2,1-2H3,(H,18,19)(H,15,16,17). The van der Waals surface area contributed by atoms with Gasteiger partial charge in [-0.1, -0.05) is 5.16 Å². The third kappa shape index (κ3) is 3.82. The van der Waals surface area contributed by atoms with Gasteiger partial charge in [0, 0.05) is 6.07 Å². The molecule has 0 radical (unpaired) electrons. The zero-order valence-corrected chi connectivity index (χ0v) is 11.5. The summed E-state index contributed by atoms with van der Waals surface area (Å²) in [5, 5.41) is 15.0. The number of carbonyl (C=O) groups excluding carboxylic acids is 1. The molecule has 0 aliphatic carbocycles. The van der Waals surface area contributed by atoms with E-state index in [2.05, 4.69) is 10.5 Å². The molecule has 0 saturated heterocycles. The maximum Gasteiger partial charge on any atom is 0.335 e. The van der Waals surface area contributed by atoms with E-state index in [1.807, 2.05) is 0 Å². The van der Waals surface area contributed by atoms with Gasteiger partial charge in [0.2, 0.25) is 0 Å². The maximum absolute atomic E-state index is 11.7. The van der Waals surface area contributed by atoms with Crippen LogP contribution in [0.3, 0.4) is 0 Å². The highest BCUT2D eigenvalue weighted by atomic mass is 16.5. The van der Waals surface area contributed by atoms with Crippen molar-refractivity contribution in [2.45, 2.75) is 13.8 Å². The van der Waals surface area contributed by atoms with Crippen molar-refractivity contribution in [3.05, 3.63) is 41.2 Å². The van der Waals surface area contributed by atoms with Crippen LogP contribution in [0.25, 0.3) is 0 Å². The Kier molecular flexibility index (Phi) is 4.22. The SMILES string of the molecule is Cc1cc(NC(=O)COc2ccc(C(=O)O)cc2C)no1. The van der Waals surface area contributed by atoms with Gasteiger partial charge in [-0.05, 0) is 37.6 Å². The molecule has 2 rings (SSSR count). The molecule has 1 aromatic carbocycles. The van der Waals surface area contributed by atoms with Crippen LogP contribution in [-0.4, -0.2) is 28.7 Å². The number of nitrogens with one attached hydrogen (secondary N) is 1. The summed E-state index contributed by atoms with van der Waals surface area (Å²) >= 11 is 0. The molecule has 1 heterocycles. The molecular formula is C14H14N2O5. The lowest BCUT2D eigenvalue weighted by atomic mass is 10.1. The van der Waals surface area contributed by atoms with Crippen LogP contribution in [-0.2, 0) is 4.79 Å². The van der Waals surface area contributed by atoms with E-state index in [0.29, 0.717) is 22.9 Å². The fourth-order valence-electron chi connectivity index (χ4n) is 1.69. The first-order valence-electron chi connectivity index (χ1n) is 6.15. The zero-order valence-electron chi connectivity index (χ0n) is 11.5. The molecule has 0 spiro atoms. The molecule has 1 amide bonds. The van der Waals surface area contributed by atoms with Gasteiger partial charge in [-0.2, -0.15) is 0 Å². The summed E-state index contributed by atoms with van der Waals surface area (Å²) in [6, 6.07) is 6.01. The fourth-order valence-corrected chi connectivity index (χ4v) is 1.69. The van der Waals surface area contributed by atoms with E-state index < -0.39 is 5.97 Å². The van der Waals surface area contributed by atoms with Crippen LogP contribution in [0.15, 0.2) is 28.8 Å². The lowest BCUT2D eigenvalue weighted by Crippen LogP contribution is -2.20. The molecule has 7 nitrogen and oxygen atoms in total. The number of rotatable bonds is 5. The Balaban J connectivity index is 1.93. The number of benzene rings is 1. The molecule has 0 fully saturated rings. The van der Waals surface area contributed by atoms with Crippen LogP contribution in [0.4, 0.5) is 5.82 Å². The summed E-state index contributed by atoms with van der Waals surface area (Å²) < 4.78 is 10.2. The second kappa shape index (κ2) is 6.08. The summed E-state index contributed by atoms with van der Waals surface area (Å²) in [6.07, 6.45) is 0. The number of carboxylic acid groups (broad SMARTS) is 1. The van der Waals surface area contributed by atoms with Crippen LogP contribution in [0.5, 0.6) is 5.75 Å². The summed E-state index contributed by atoms with van der Waals surface area (Å²) in [6.45, 7) is 3.21. The highest BCUT2D eigenvalue weighted by Crippen LogP contribution is 2.19. The van der Waals surface area contributed by atoms with Gasteiger partial charge >= 0.3 is 5.97 Å². The van der Waals surface area contributed by atoms with E-state index in [9.17, 15) is 9.59 Å². The van der Waals surface area contributed by atoms with E-state index in [1.165, 1.54) is 18.2 Å². The second-order valence-corrected chi connectivity index (χ2v) is 4.45. The lowest BCUT2D eigenvalue weighted by Gasteiger charge is -2.09. The molecule has 0 bridgehead atoms. The summed E-state index contributed by atoms with van der Waals surface area (Å²) in [5.74, 6) is -0.0364. The molecule has 2 N–H and O–H groups in total. The highest BCUT2D eigenvalue weighted by Gasteiger charge is 2.10. The van der Waals surface area contributed by atoms with Crippen molar-refractivity contribution in [2.75, 3.05) is 11.9 Å². The molecule has 0 atom stereocenters. The van der Waals surface area contributed by atoms with Crippen molar-refractivity contribution in [2.24, 2.45) is 0 Å². The molecule has 2 aromatic rings. The second-order valence-electron chi connectivity index (χ2n) is 4.45. The van der Waals surface area contributed by atoms with E-state index in [-0.39, 0.29) is 18.1 Å². The van der Waals surface area contributed by atoms with E-state index in [4.69, 9.17) is 14.4 Å². The van der Waals surface area contributed by atoms with Crippen molar-refractivity contribution in [1.82, 2.24) is 5.16 Å². The third-order valence-corrected chi connectivity index (χ3v) is 2.68. The van der Waals surface area contributed by atoms with Crippen LogP contribution < -0.4 is 10.1 Å². The molecule has 110 valence electrons. The summed E-state index contributed by atoms with van der Waals surface area (Å²) in [4.78, 5) is 22.5. The molecule has 21 heavy (non-hydrogen) atoms. The summed E-state index contributed by atoms with van der Waals surface area (Å²) in [7, 11) is 0. The third-order valence-electron chi connectivity index (χ3n) is 2.68. The Morgan fingerprint density at radius 3 is 2.67 bits per heavy atom. The molecule has 1 aromatic heterocycles. The molecule has 0 aliphatic heterocycles. The zero-order chi connectivity index (χ0) is 15.4. The predicted molar refractivity (Wildman–Crippen MR) is 73.5 cm³/mol. The van der Waals surface area contributed by atoms with Gasteiger partial charge in [0.05, 0.1) is 5.56 Å². The molecule has 7 heteroatoms. The molecule has 0 aliphatic rings. The molecular weight excluding hydrogens is 276 g/mol. The van der Waals surface area contributed by atoms with E-state index in [1.54, 1.807) is 19.9 Å². The Morgan fingerprint density at radius 1 is 1.33 bits per heavy atom. The average molecular weight is 290 g/mol. The largest absolute Gasteiger partial charge is 0.483 e. The van der Waals surface area contributed by atoms with E-state index in [0.717, 1.165) is 0 Å². The highest BCUT2D eigenvalue weighted by molar-refractivity contribution is 5.91. The van der Waals surface area contributed by atoms with Crippen molar-refractivity contribution in [3.63, 3.8) is 0 Å². The minimum Gasteiger partial charge on any atom is -0.483 e. The number of ether oxygens (including phenoxy) is 1. The number of aromatic nitrogens is 1. The topological polar surface area (TPSA) is 102 Å². The van der Waals surface area contributed by atoms with Gasteiger partial charge in [-0.25, -0.2) is 4.79 Å². The van der Waals surface area contributed by atoms with Crippen molar-refractivity contribution < 1.29 is 24.0 Å². The number of nitrogens with zero attached hydrogens (tertiary/aromatic N) is 1. The minimum absolute atomic E-state index is 0.169. The Morgan fingerprint density at radius 2 is 2.10 bits per heavy atom. The van der Waals surface area contributed by atoms with Gasteiger partial charge in [0.25, 0.3) is 5.91 Å². The van der Waals surface area contributed by atoms with Crippen LogP contribution in [0, 0.1) is 13.8 Å². The van der Waals surface area contributed by atoms with Gasteiger partial charge in [0.1, 0.15) is 11.5 Å². The van der Waals surface area contributed by atoms with Crippen molar-refractivity contribution in [3.8, 4) is 5.75 Å². The fraction of sp³-hybridized carbons (Fsp3) is 0.214. The average Bonchev–Trinajstić information content (AvgIpc) is 2.82. The smallest absolute Gasteiger partial charge is 0.335 e. The number of carboxylic acids is 1. The Bertz CT molecular complexity index is 678. The van der Waals surface area contributed by atoms with Crippen molar-refractivity contribution >= 4 is 17.7 Å². The number of amides is 1. The maximum atomic E-state index is 11.7. The monoisotopic (exact) mass is 290 g/mol. The number of hydrogen-bond donors (Lipinski definition) is 2. The number of aryl methyl sites for hydroxylation is 2. The minimum atomic E-state index is -1.01. The van der Waals surface area contributed by atoms with Crippen LogP contribution >= 0.6 is 0 Å². The summed E-state index contributed by atoms with van der Waals surface area (Å²) in [5.41, 5.74) is 0.808. The first kappa shape index (κ1) is 14.6. The molecule has 0 saturated carbocycles. The van der Waals surface area contributed by atoms with Crippen LogP contribution in [0.1, 0.15) is 21.7 Å². The number of aromatic carboxylic acids is 1. The van der Waals surface area contributed by atoms with Crippen LogP contribution in [0.2, 0.25) is 0 Å². The van der Waals surface area contributed by atoms with Gasteiger partial charge in [-0.15, -0.1) is 0 Å². The van der Waals surface area contributed by atoms with Gasteiger partial charge < -0.3 is 19.7 Å². The first-order valence-corrected chi connectivity index (χ1v) is 6.15. The first-order chi connectivity index (χ1) is 9.95. The lowest BCUT2D eigenvalue weighted by molar-refractivity contribution is -0.118. The Labute approximate surface area is 120 Å². The number of hydrogen-bond acceptors (Lipinski definition) is 5. The van der Waals surface area contributed by atoms with Crippen molar-refractivity contribution in [1.29, 1.82) is 0 Å². The quantitative estimate of drug-likeness (QED) is 0.873. The predicted octanol–water partition coefficient (Wildman–Crippen LogP) is 2.01. The number of anilines is 1. The van der Waals surface area contributed by atoms with Gasteiger partial charge in [-0.3, -0.25) is 4.79 Å². The number of carbonyl (C=O) groups is 2.